The molecule has 2 unspecified atom stereocenters. The summed E-state index contributed by atoms with van der Waals surface area (Å²) in [5, 5.41) is 2.98. The monoisotopic (exact) mass is 302 g/mol. The van der Waals surface area contributed by atoms with Crippen molar-refractivity contribution in [3.05, 3.63) is 0 Å². The predicted molar refractivity (Wildman–Crippen MR) is 89.1 cm³/mol. The van der Waals surface area contributed by atoms with Crippen LogP contribution in [0.15, 0.2) is 0 Å². The molecule has 2 aliphatic heterocycles. The zero-order chi connectivity index (χ0) is 15.7. The highest BCUT2D eigenvalue weighted by Crippen LogP contribution is 2.48. The van der Waals surface area contributed by atoms with E-state index in [1.165, 1.54) is 44.9 Å². The lowest BCUT2D eigenvalue weighted by Crippen LogP contribution is -2.54. The van der Waals surface area contributed by atoms with Gasteiger partial charge in [-0.3, -0.25) is 9.69 Å². The van der Waals surface area contributed by atoms with Crippen LogP contribution in [0.3, 0.4) is 0 Å². The Balaban J connectivity index is 1.77. The topological polar surface area (TPSA) is 32.3 Å². The quantitative estimate of drug-likeness (QED) is 0.813. The summed E-state index contributed by atoms with van der Waals surface area (Å²) in [5.74, 6) is 5.08. The van der Waals surface area contributed by atoms with E-state index in [-0.39, 0.29) is 11.8 Å². The molecule has 3 nitrogen and oxygen atoms in total. The first-order valence-electron chi connectivity index (χ1n) is 9.05. The molecule has 1 amide bonds. The molecule has 3 rings (SSSR count). The van der Waals surface area contributed by atoms with Crippen molar-refractivity contribution in [1.29, 1.82) is 0 Å². The second-order valence-corrected chi connectivity index (χ2v) is 7.83. The van der Waals surface area contributed by atoms with Gasteiger partial charge in [0.05, 0.1) is 12.5 Å². The first-order valence-corrected chi connectivity index (χ1v) is 9.05. The van der Waals surface area contributed by atoms with Crippen LogP contribution in [0.1, 0.15) is 51.9 Å². The standard InChI is InChI=1S/C19H30N2O/c1-4-11-20-19(22)18-16(14-7-5-13(2)6-8-14)12-15-9-10-17(18)21(15)3/h1,13-18H,5-12H2,2-3H3,(H,20,22)/t13?,14?,15-,16-,17?,18?/m1/s1. The molecule has 0 radical (unpaired) electrons. The normalized spacial score (nSPS) is 41.9. The Morgan fingerprint density at radius 2 is 1.95 bits per heavy atom. The van der Waals surface area contributed by atoms with Crippen LogP contribution in [0.4, 0.5) is 0 Å². The van der Waals surface area contributed by atoms with Crippen LogP contribution in [-0.4, -0.2) is 36.5 Å². The van der Waals surface area contributed by atoms with Crippen LogP contribution in [0, 0.1) is 36.0 Å². The lowest BCUT2D eigenvalue weighted by molar-refractivity contribution is -0.132. The molecular formula is C19H30N2O. The summed E-state index contributed by atoms with van der Waals surface area (Å²) in [7, 11) is 2.21. The molecule has 1 aliphatic carbocycles. The fraction of sp³-hybridized carbons (Fsp3) is 0.842. The van der Waals surface area contributed by atoms with Crippen LogP contribution in [0.5, 0.6) is 0 Å². The summed E-state index contributed by atoms with van der Waals surface area (Å²) >= 11 is 0. The molecule has 1 saturated carbocycles. The highest BCUT2D eigenvalue weighted by molar-refractivity contribution is 5.80. The van der Waals surface area contributed by atoms with Gasteiger partial charge in [0, 0.05) is 12.1 Å². The Labute approximate surface area is 135 Å². The van der Waals surface area contributed by atoms with E-state index >= 15 is 0 Å². The van der Waals surface area contributed by atoms with Gasteiger partial charge in [-0.15, -0.1) is 6.42 Å². The second kappa shape index (κ2) is 6.62. The maximum Gasteiger partial charge on any atom is 0.225 e. The molecular weight excluding hydrogens is 272 g/mol. The number of rotatable bonds is 3. The molecule has 122 valence electrons. The molecule has 22 heavy (non-hydrogen) atoms. The van der Waals surface area contributed by atoms with Crippen molar-refractivity contribution in [3.8, 4) is 12.3 Å². The van der Waals surface area contributed by atoms with Crippen LogP contribution >= 0.6 is 0 Å². The van der Waals surface area contributed by atoms with Crippen LogP contribution in [0.2, 0.25) is 0 Å². The Bertz CT molecular complexity index is 447. The third-order valence-corrected chi connectivity index (χ3v) is 6.65. The van der Waals surface area contributed by atoms with Gasteiger partial charge >= 0.3 is 0 Å². The Morgan fingerprint density at radius 3 is 2.64 bits per heavy atom. The maximum atomic E-state index is 12.8. The van der Waals surface area contributed by atoms with Gasteiger partial charge in [0.1, 0.15) is 0 Å². The summed E-state index contributed by atoms with van der Waals surface area (Å²) in [5.41, 5.74) is 0. The van der Waals surface area contributed by atoms with Crippen molar-refractivity contribution in [1.82, 2.24) is 10.2 Å². The largest absolute Gasteiger partial charge is 0.345 e. The first-order chi connectivity index (χ1) is 10.6. The summed E-state index contributed by atoms with van der Waals surface area (Å²) < 4.78 is 0. The highest BCUT2D eigenvalue weighted by Gasteiger charge is 2.50. The Hall–Kier alpha value is -1.01. The van der Waals surface area contributed by atoms with Crippen LogP contribution < -0.4 is 5.32 Å². The van der Waals surface area contributed by atoms with Gasteiger partial charge in [-0.05, 0) is 56.9 Å². The number of hydrogen-bond donors (Lipinski definition) is 1. The van der Waals surface area contributed by atoms with Gasteiger partial charge in [-0.25, -0.2) is 0 Å². The highest BCUT2D eigenvalue weighted by atomic mass is 16.1. The molecule has 4 atom stereocenters. The molecule has 3 aliphatic rings. The average molecular weight is 302 g/mol. The molecule has 0 aromatic rings. The van der Waals surface area contributed by atoms with Gasteiger partial charge in [0.15, 0.2) is 0 Å². The lowest BCUT2D eigenvalue weighted by Gasteiger charge is -2.46. The zero-order valence-corrected chi connectivity index (χ0v) is 14.1. The van der Waals surface area contributed by atoms with E-state index < -0.39 is 0 Å². The summed E-state index contributed by atoms with van der Waals surface area (Å²) in [6.07, 6.45) is 14.3. The molecule has 0 aromatic heterocycles. The molecule has 2 heterocycles. The van der Waals surface area contributed by atoms with E-state index in [0.717, 1.165) is 11.8 Å². The van der Waals surface area contributed by atoms with E-state index in [1.807, 2.05) is 0 Å². The molecule has 3 heteroatoms. The number of piperidine rings is 1. The number of hydrogen-bond acceptors (Lipinski definition) is 2. The van der Waals surface area contributed by atoms with Gasteiger partial charge in [-0.2, -0.15) is 0 Å². The molecule has 3 fully saturated rings. The molecule has 0 aromatic carbocycles. The van der Waals surface area contributed by atoms with E-state index in [9.17, 15) is 4.79 Å². The van der Waals surface area contributed by atoms with Crippen molar-refractivity contribution in [3.63, 3.8) is 0 Å². The third-order valence-electron chi connectivity index (χ3n) is 6.65. The van der Waals surface area contributed by atoms with Crippen molar-refractivity contribution in [2.24, 2.45) is 23.7 Å². The van der Waals surface area contributed by atoms with Crippen LogP contribution in [-0.2, 0) is 4.79 Å². The number of nitrogens with one attached hydrogen (secondary N) is 1. The number of nitrogens with zero attached hydrogens (tertiary/aromatic N) is 1. The summed E-state index contributed by atoms with van der Waals surface area (Å²) in [6, 6.07) is 1.13. The minimum atomic E-state index is 0.149. The van der Waals surface area contributed by atoms with Gasteiger partial charge in [0.2, 0.25) is 5.91 Å². The predicted octanol–water partition coefficient (Wildman–Crippen LogP) is 2.66. The third kappa shape index (κ3) is 2.91. The maximum absolute atomic E-state index is 12.8. The number of carbonyl (C=O) groups is 1. The minimum absolute atomic E-state index is 0.149. The molecule has 2 saturated heterocycles. The molecule has 2 bridgehead atoms. The minimum Gasteiger partial charge on any atom is -0.345 e. The first kappa shape index (κ1) is 15.9. The van der Waals surface area contributed by atoms with E-state index in [0.29, 0.717) is 24.5 Å². The Kier molecular flexibility index (Phi) is 4.78. The number of carbonyl (C=O) groups excluding carboxylic acids is 1. The van der Waals surface area contributed by atoms with Crippen molar-refractivity contribution in [2.75, 3.05) is 13.6 Å². The summed E-state index contributed by atoms with van der Waals surface area (Å²) in [6.45, 7) is 2.73. The SMILES string of the molecule is C#CCNC(=O)C1C2CC[C@H](C[C@@H]1C1CCC(C)CC1)N2C. The molecule has 1 N–H and O–H groups in total. The summed E-state index contributed by atoms with van der Waals surface area (Å²) in [4.78, 5) is 15.2. The zero-order valence-electron chi connectivity index (χ0n) is 14.1. The fourth-order valence-corrected chi connectivity index (χ4v) is 5.33. The van der Waals surface area contributed by atoms with Crippen molar-refractivity contribution >= 4 is 5.91 Å². The van der Waals surface area contributed by atoms with Crippen molar-refractivity contribution in [2.45, 2.75) is 64.0 Å². The van der Waals surface area contributed by atoms with E-state index in [2.05, 4.69) is 30.1 Å². The smallest absolute Gasteiger partial charge is 0.225 e. The number of fused-ring (bicyclic) bond motifs is 2. The Morgan fingerprint density at radius 1 is 1.23 bits per heavy atom. The number of terminal acetylenes is 1. The van der Waals surface area contributed by atoms with Crippen molar-refractivity contribution < 1.29 is 4.79 Å². The van der Waals surface area contributed by atoms with E-state index in [4.69, 9.17) is 6.42 Å². The average Bonchev–Trinajstić information content (AvgIpc) is 2.75. The van der Waals surface area contributed by atoms with Gasteiger partial charge in [0.25, 0.3) is 0 Å². The molecule has 0 spiro atoms. The van der Waals surface area contributed by atoms with Gasteiger partial charge in [-0.1, -0.05) is 25.7 Å². The van der Waals surface area contributed by atoms with E-state index in [1.54, 1.807) is 0 Å². The lowest BCUT2D eigenvalue weighted by atomic mass is 9.67. The fourth-order valence-electron chi connectivity index (χ4n) is 5.33. The second-order valence-electron chi connectivity index (χ2n) is 7.83. The van der Waals surface area contributed by atoms with Gasteiger partial charge < -0.3 is 5.32 Å². The van der Waals surface area contributed by atoms with Crippen LogP contribution in [0.25, 0.3) is 0 Å². The number of amides is 1.